The molecule has 21 heavy (non-hydrogen) atoms. The van der Waals surface area contributed by atoms with Gasteiger partial charge in [-0.15, -0.1) is 0 Å². The van der Waals surface area contributed by atoms with Crippen LogP contribution in [-0.4, -0.2) is 54.9 Å². The average Bonchev–Trinajstić information content (AvgIpc) is 2.85. The molecule has 0 aromatic rings. The zero-order valence-corrected chi connectivity index (χ0v) is 14.4. The summed E-state index contributed by atoms with van der Waals surface area (Å²) in [5.74, 6) is 0. The number of carbonyl (C=O) groups excluding carboxylic acids is 1. The van der Waals surface area contributed by atoms with Crippen LogP contribution < -0.4 is 10.6 Å². The fourth-order valence-electron chi connectivity index (χ4n) is 2.62. The van der Waals surface area contributed by atoms with Gasteiger partial charge in [0.1, 0.15) is 5.60 Å². The molecule has 2 N–H and O–H groups in total. The fraction of sp³-hybridized carbons (Fsp3) is 0.938. The lowest BCUT2D eigenvalue weighted by Gasteiger charge is -2.27. The maximum absolute atomic E-state index is 12.0. The van der Waals surface area contributed by atoms with Crippen molar-refractivity contribution in [2.45, 2.75) is 71.6 Å². The van der Waals surface area contributed by atoms with Gasteiger partial charge in [-0.1, -0.05) is 0 Å². The smallest absolute Gasteiger partial charge is 0.410 e. The minimum Gasteiger partial charge on any atom is -0.444 e. The zero-order chi connectivity index (χ0) is 15.9. The molecule has 0 saturated carbocycles. The Morgan fingerprint density at radius 1 is 1.48 bits per heavy atom. The van der Waals surface area contributed by atoms with Crippen molar-refractivity contribution in [3.8, 4) is 0 Å². The van der Waals surface area contributed by atoms with E-state index in [1.54, 1.807) is 4.90 Å². The normalized spacial score (nSPS) is 20.3. The first kappa shape index (κ1) is 18.2. The molecule has 0 bridgehead atoms. The molecule has 1 fully saturated rings. The number of rotatable bonds is 7. The van der Waals surface area contributed by atoms with Crippen LogP contribution in [0.3, 0.4) is 0 Å². The number of nitrogens with zero attached hydrogens (tertiary/aromatic N) is 1. The van der Waals surface area contributed by atoms with Crippen LogP contribution in [0.1, 0.15) is 53.9 Å². The Morgan fingerprint density at radius 3 is 2.71 bits per heavy atom. The van der Waals surface area contributed by atoms with Crippen molar-refractivity contribution in [3.63, 3.8) is 0 Å². The third-order valence-electron chi connectivity index (χ3n) is 3.71. The molecule has 0 aromatic heterocycles. The third kappa shape index (κ3) is 7.67. The molecule has 1 aliphatic rings. The van der Waals surface area contributed by atoms with Crippen LogP contribution in [0.15, 0.2) is 0 Å². The second kappa shape index (κ2) is 8.59. The van der Waals surface area contributed by atoms with E-state index in [-0.39, 0.29) is 6.09 Å². The first-order chi connectivity index (χ1) is 9.81. The van der Waals surface area contributed by atoms with E-state index in [1.165, 1.54) is 12.8 Å². The van der Waals surface area contributed by atoms with Gasteiger partial charge in [-0.2, -0.15) is 0 Å². The van der Waals surface area contributed by atoms with Crippen molar-refractivity contribution in [1.82, 2.24) is 15.5 Å². The molecule has 1 rings (SSSR count). The number of carbonyl (C=O) groups is 1. The SMILES string of the molecule is CCN(CCNC(C)CC1CCCN1)C(=O)OC(C)(C)C. The van der Waals surface area contributed by atoms with E-state index in [0.29, 0.717) is 25.2 Å². The summed E-state index contributed by atoms with van der Waals surface area (Å²) >= 11 is 0. The maximum atomic E-state index is 12.0. The summed E-state index contributed by atoms with van der Waals surface area (Å²) in [6.07, 6.45) is 3.50. The highest BCUT2D eigenvalue weighted by Gasteiger charge is 2.21. The summed E-state index contributed by atoms with van der Waals surface area (Å²) in [6.45, 7) is 13.2. The van der Waals surface area contributed by atoms with Gasteiger partial charge in [0.15, 0.2) is 0 Å². The van der Waals surface area contributed by atoms with E-state index in [9.17, 15) is 4.79 Å². The summed E-state index contributed by atoms with van der Waals surface area (Å²) in [7, 11) is 0. The molecular formula is C16H33N3O2. The van der Waals surface area contributed by atoms with Crippen LogP contribution >= 0.6 is 0 Å². The lowest BCUT2D eigenvalue weighted by atomic mass is 10.1. The second-order valence-electron chi connectivity index (χ2n) is 6.94. The molecule has 5 heteroatoms. The number of likely N-dealkylation sites (N-methyl/N-ethyl adjacent to an activating group) is 1. The minimum atomic E-state index is -0.431. The summed E-state index contributed by atoms with van der Waals surface area (Å²) in [6, 6.07) is 1.12. The van der Waals surface area contributed by atoms with Gasteiger partial charge in [-0.3, -0.25) is 0 Å². The van der Waals surface area contributed by atoms with Gasteiger partial charge >= 0.3 is 6.09 Å². The van der Waals surface area contributed by atoms with Crippen molar-refractivity contribution in [1.29, 1.82) is 0 Å². The molecule has 1 amide bonds. The molecule has 0 aromatic carbocycles. The van der Waals surface area contributed by atoms with E-state index in [2.05, 4.69) is 17.6 Å². The standard InChI is InChI=1S/C16H33N3O2/c1-6-19(15(20)21-16(3,4)5)11-10-17-13(2)12-14-8-7-9-18-14/h13-14,17-18H,6-12H2,1-5H3. The molecule has 2 atom stereocenters. The van der Waals surface area contributed by atoms with Crippen LogP contribution in [0, 0.1) is 0 Å². The average molecular weight is 299 g/mol. The van der Waals surface area contributed by atoms with Crippen molar-refractivity contribution in [2.75, 3.05) is 26.2 Å². The van der Waals surface area contributed by atoms with Gasteiger partial charge in [0, 0.05) is 31.7 Å². The Morgan fingerprint density at radius 2 is 2.19 bits per heavy atom. The molecular weight excluding hydrogens is 266 g/mol. The Hall–Kier alpha value is -0.810. The molecule has 0 aliphatic carbocycles. The predicted octanol–water partition coefficient (Wildman–Crippen LogP) is 2.36. The van der Waals surface area contributed by atoms with E-state index in [0.717, 1.165) is 19.5 Å². The van der Waals surface area contributed by atoms with Crippen molar-refractivity contribution in [2.24, 2.45) is 0 Å². The summed E-state index contributed by atoms with van der Waals surface area (Å²) in [5, 5.41) is 7.02. The quantitative estimate of drug-likeness (QED) is 0.758. The highest BCUT2D eigenvalue weighted by Crippen LogP contribution is 2.11. The van der Waals surface area contributed by atoms with Crippen LogP contribution in [0.5, 0.6) is 0 Å². The molecule has 0 spiro atoms. The van der Waals surface area contributed by atoms with Crippen molar-refractivity contribution < 1.29 is 9.53 Å². The largest absolute Gasteiger partial charge is 0.444 e. The molecule has 1 aliphatic heterocycles. The summed E-state index contributed by atoms with van der Waals surface area (Å²) in [4.78, 5) is 13.8. The van der Waals surface area contributed by atoms with Gasteiger partial charge in [0.25, 0.3) is 0 Å². The van der Waals surface area contributed by atoms with E-state index in [1.807, 2.05) is 27.7 Å². The van der Waals surface area contributed by atoms with E-state index < -0.39 is 5.60 Å². The summed E-state index contributed by atoms with van der Waals surface area (Å²) in [5.41, 5.74) is -0.431. The lowest BCUT2D eigenvalue weighted by molar-refractivity contribution is 0.0261. The van der Waals surface area contributed by atoms with E-state index in [4.69, 9.17) is 4.74 Å². The van der Waals surface area contributed by atoms with Gasteiger partial charge in [-0.05, 0) is 60.4 Å². The summed E-state index contributed by atoms with van der Waals surface area (Å²) < 4.78 is 5.41. The number of hydrogen-bond donors (Lipinski definition) is 2. The van der Waals surface area contributed by atoms with Gasteiger partial charge < -0.3 is 20.3 Å². The Labute approximate surface area is 129 Å². The van der Waals surface area contributed by atoms with Gasteiger partial charge in [0.2, 0.25) is 0 Å². The molecule has 1 saturated heterocycles. The monoisotopic (exact) mass is 299 g/mol. The highest BCUT2D eigenvalue weighted by molar-refractivity contribution is 5.68. The number of nitrogens with one attached hydrogen (secondary N) is 2. The lowest BCUT2D eigenvalue weighted by Crippen LogP contribution is -2.42. The van der Waals surface area contributed by atoms with Gasteiger partial charge in [-0.25, -0.2) is 4.79 Å². The van der Waals surface area contributed by atoms with Crippen LogP contribution in [0.4, 0.5) is 4.79 Å². The van der Waals surface area contributed by atoms with Crippen molar-refractivity contribution >= 4 is 6.09 Å². The van der Waals surface area contributed by atoms with Crippen molar-refractivity contribution in [3.05, 3.63) is 0 Å². The number of hydrogen-bond acceptors (Lipinski definition) is 4. The third-order valence-corrected chi connectivity index (χ3v) is 3.71. The molecule has 2 unspecified atom stereocenters. The van der Waals surface area contributed by atoms with Crippen LogP contribution in [0.25, 0.3) is 0 Å². The van der Waals surface area contributed by atoms with Gasteiger partial charge in [0.05, 0.1) is 0 Å². The molecule has 5 nitrogen and oxygen atoms in total. The van der Waals surface area contributed by atoms with Crippen LogP contribution in [0.2, 0.25) is 0 Å². The first-order valence-corrected chi connectivity index (χ1v) is 8.26. The highest BCUT2D eigenvalue weighted by atomic mass is 16.6. The second-order valence-corrected chi connectivity index (χ2v) is 6.94. The molecule has 1 heterocycles. The fourth-order valence-corrected chi connectivity index (χ4v) is 2.62. The maximum Gasteiger partial charge on any atom is 0.410 e. The Balaban J connectivity index is 2.23. The predicted molar refractivity (Wildman–Crippen MR) is 86.6 cm³/mol. The van der Waals surface area contributed by atoms with Crippen LogP contribution in [-0.2, 0) is 4.74 Å². The Kier molecular flexibility index (Phi) is 7.46. The molecule has 124 valence electrons. The van der Waals surface area contributed by atoms with E-state index >= 15 is 0 Å². The topological polar surface area (TPSA) is 53.6 Å². The number of ether oxygens (including phenoxy) is 1. The Bertz CT molecular complexity index is 309. The number of amides is 1. The first-order valence-electron chi connectivity index (χ1n) is 8.26. The molecule has 0 radical (unpaired) electrons. The zero-order valence-electron chi connectivity index (χ0n) is 14.4. The minimum absolute atomic E-state index is 0.225.